The van der Waals surface area contributed by atoms with Crippen LogP contribution in [0.15, 0.2) is 18.2 Å². The van der Waals surface area contributed by atoms with Gasteiger partial charge in [-0.1, -0.05) is 0 Å². The van der Waals surface area contributed by atoms with Crippen molar-refractivity contribution in [3.05, 3.63) is 23.8 Å². The van der Waals surface area contributed by atoms with Gasteiger partial charge in [0.25, 0.3) is 5.91 Å². The highest BCUT2D eigenvalue weighted by Crippen LogP contribution is 2.43. The summed E-state index contributed by atoms with van der Waals surface area (Å²) in [5, 5.41) is 21.4. The molecule has 92 valence electrons. The quantitative estimate of drug-likeness (QED) is 0.614. The van der Waals surface area contributed by atoms with Crippen molar-refractivity contribution in [1.29, 1.82) is 0 Å². The highest BCUT2D eigenvalue weighted by molar-refractivity contribution is 5.97. The Kier molecular flexibility index (Phi) is 2.93. The first-order valence-electron chi connectivity index (χ1n) is 5.57. The van der Waals surface area contributed by atoms with E-state index in [1.807, 2.05) is 0 Å². The van der Waals surface area contributed by atoms with E-state index in [2.05, 4.69) is 5.32 Å². The van der Waals surface area contributed by atoms with Gasteiger partial charge in [-0.15, -0.1) is 0 Å². The monoisotopic (exact) mass is 236 g/mol. The molecule has 0 unspecified atom stereocenters. The summed E-state index contributed by atoms with van der Waals surface area (Å²) in [5.41, 5.74) is 5.83. The van der Waals surface area contributed by atoms with Gasteiger partial charge in [0.15, 0.2) is 0 Å². The van der Waals surface area contributed by atoms with Gasteiger partial charge in [-0.3, -0.25) is 4.79 Å². The van der Waals surface area contributed by atoms with Crippen molar-refractivity contribution >= 4 is 5.91 Å². The molecule has 1 aliphatic carbocycles. The number of phenolic OH excluding ortho intramolecular Hbond substituents is 2. The number of hydrogen-bond acceptors (Lipinski definition) is 4. The molecule has 1 aliphatic rings. The number of rotatable bonds is 4. The maximum Gasteiger partial charge on any atom is 0.255 e. The lowest BCUT2D eigenvalue weighted by atomic mass is 10.1. The number of nitrogens with two attached hydrogens (primary N) is 1. The Morgan fingerprint density at radius 3 is 2.65 bits per heavy atom. The first kappa shape index (κ1) is 11.7. The number of phenols is 2. The molecule has 0 saturated heterocycles. The smallest absolute Gasteiger partial charge is 0.255 e. The summed E-state index contributed by atoms with van der Waals surface area (Å²) >= 11 is 0. The molecule has 5 heteroatoms. The molecule has 1 aromatic rings. The average Bonchev–Trinajstić information content (AvgIpc) is 3.07. The van der Waals surface area contributed by atoms with E-state index >= 15 is 0 Å². The number of carbonyl (C=O) groups is 1. The molecule has 0 atom stereocenters. The molecule has 0 heterocycles. The van der Waals surface area contributed by atoms with Crippen LogP contribution in [0.1, 0.15) is 23.2 Å². The van der Waals surface area contributed by atoms with Crippen molar-refractivity contribution in [1.82, 2.24) is 5.32 Å². The van der Waals surface area contributed by atoms with E-state index in [-0.39, 0.29) is 28.4 Å². The molecule has 5 nitrogen and oxygen atoms in total. The van der Waals surface area contributed by atoms with Crippen LogP contribution in [0.25, 0.3) is 0 Å². The fraction of sp³-hybridized carbons (Fsp3) is 0.417. The van der Waals surface area contributed by atoms with Crippen LogP contribution in [-0.4, -0.2) is 29.2 Å². The van der Waals surface area contributed by atoms with E-state index in [4.69, 9.17) is 10.8 Å². The van der Waals surface area contributed by atoms with Gasteiger partial charge < -0.3 is 21.3 Å². The molecule has 0 aromatic heterocycles. The molecule has 0 radical (unpaired) electrons. The second kappa shape index (κ2) is 4.25. The molecule has 17 heavy (non-hydrogen) atoms. The van der Waals surface area contributed by atoms with Crippen LogP contribution in [0.4, 0.5) is 0 Å². The molecule has 0 bridgehead atoms. The third-order valence-electron chi connectivity index (χ3n) is 3.24. The zero-order chi connectivity index (χ0) is 12.5. The molecule has 0 aliphatic heterocycles. The molecular formula is C12H16N2O3. The number of amides is 1. The zero-order valence-corrected chi connectivity index (χ0v) is 9.44. The van der Waals surface area contributed by atoms with E-state index in [1.54, 1.807) is 0 Å². The lowest BCUT2D eigenvalue weighted by Crippen LogP contribution is -2.33. The molecule has 5 N–H and O–H groups in total. The van der Waals surface area contributed by atoms with Crippen LogP contribution in [0.5, 0.6) is 11.5 Å². The lowest BCUT2D eigenvalue weighted by molar-refractivity contribution is 0.0943. The predicted molar refractivity (Wildman–Crippen MR) is 62.8 cm³/mol. The summed E-state index contributed by atoms with van der Waals surface area (Å²) < 4.78 is 0. The van der Waals surface area contributed by atoms with Gasteiger partial charge >= 0.3 is 0 Å². The topological polar surface area (TPSA) is 95.6 Å². The highest BCUT2D eigenvalue weighted by atomic mass is 16.3. The van der Waals surface area contributed by atoms with Crippen molar-refractivity contribution in [3.63, 3.8) is 0 Å². The van der Waals surface area contributed by atoms with Gasteiger partial charge in [0, 0.05) is 18.0 Å². The minimum atomic E-state index is -0.345. The first-order chi connectivity index (χ1) is 8.06. The Morgan fingerprint density at radius 1 is 1.41 bits per heavy atom. The zero-order valence-electron chi connectivity index (χ0n) is 9.44. The standard InChI is InChI=1S/C12H16N2O3/c13-6-12(3-4-12)7-14-11(17)9-2-1-8(15)5-10(9)16/h1-2,5,15-16H,3-4,6-7,13H2,(H,14,17). The minimum absolute atomic E-state index is 0.0577. The van der Waals surface area contributed by atoms with E-state index in [0.717, 1.165) is 18.9 Å². The Labute approximate surface area is 99.3 Å². The normalized spacial score (nSPS) is 16.5. The van der Waals surface area contributed by atoms with E-state index in [9.17, 15) is 9.90 Å². The summed E-state index contributed by atoms with van der Waals surface area (Å²) in [6, 6.07) is 3.90. The Morgan fingerprint density at radius 2 is 2.12 bits per heavy atom. The van der Waals surface area contributed by atoms with Crippen molar-refractivity contribution in [2.24, 2.45) is 11.1 Å². The molecule has 2 rings (SSSR count). The van der Waals surface area contributed by atoms with Crippen LogP contribution in [0.2, 0.25) is 0 Å². The van der Waals surface area contributed by atoms with E-state index < -0.39 is 0 Å². The van der Waals surface area contributed by atoms with Crippen LogP contribution >= 0.6 is 0 Å². The van der Waals surface area contributed by atoms with Gasteiger partial charge in [-0.05, 0) is 31.5 Å². The van der Waals surface area contributed by atoms with Crippen molar-refractivity contribution < 1.29 is 15.0 Å². The molecule has 1 saturated carbocycles. The first-order valence-corrected chi connectivity index (χ1v) is 5.57. The fourth-order valence-corrected chi connectivity index (χ4v) is 1.70. The second-order valence-corrected chi connectivity index (χ2v) is 4.59. The number of nitrogens with one attached hydrogen (secondary N) is 1. The Hall–Kier alpha value is -1.75. The van der Waals surface area contributed by atoms with Gasteiger partial charge in [-0.25, -0.2) is 0 Å². The van der Waals surface area contributed by atoms with Crippen LogP contribution < -0.4 is 11.1 Å². The maximum absolute atomic E-state index is 11.8. The number of hydrogen-bond donors (Lipinski definition) is 4. The van der Waals surface area contributed by atoms with Gasteiger partial charge in [0.2, 0.25) is 0 Å². The van der Waals surface area contributed by atoms with Gasteiger partial charge in [0.1, 0.15) is 11.5 Å². The third kappa shape index (κ3) is 2.50. The SMILES string of the molecule is NCC1(CNC(=O)c2ccc(O)cc2O)CC1. The third-order valence-corrected chi connectivity index (χ3v) is 3.24. The second-order valence-electron chi connectivity index (χ2n) is 4.59. The van der Waals surface area contributed by atoms with E-state index in [0.29, 0.717) is 13.1 Å². The van der Waals surface area contributed by atoms with Crippen LogP contribution in [0, 0.1) is 5.41 Å². The maximum atomic E-state index is 11.8. The van der Waals surface area contributed by atoms with Gasteiger partial charge in [0.05, 0.1) is 5.56 Å². The van der Waals surface area contributed by atoms with Crippen LogP contribution in [0.3, 0.4) is 0 Å². The van der Waals surface area contributed by atoms with Crippen molar-refractivity contribution in [3.8, 4) is 11.5 Å². The number of benzene rings is 1. The molecule has 1 amide bonds. The fourth-order valence-electron chi connectivity index (χ4n) is 1.70. The predicted octanol–water partition coefficient (Wildman–Crippen LogP) is 0.567. The molecular weight excluding hydrogens is 220 g/mol. The number of carbonyl (C=O) groups excluding carboxylic acids is 1. The summed E-state index contributed by atoms with van der Waals surface area (Å²) in [6.07, 6.45) is 2.07. The molecule has 1 fully saturated rings. The summed E-state index contributed by atoms with van der Waals surface area (Å²) in [5.74, 6) is -0.637. The summed E-state index contributed by atoms with van der Waals surface area (Å²) in [4.78, 5) is 11.8. The van der Waals surface area contributed by atoms with Crippen LogP contribution in [-0.2, 0) is 0 Å². The lowest BCUT2D eigenvalue weighted by Gasteiger charge is -2.13. The molecule has 0 spiro atoms. The summed E-state index contributed by atoms with van der Waals surface area (Å²) in [6.45, 7) is 1.09. The van der Waals surface area contributed by atoms with E-state index in [1.165, 1.54) is 12.1 Å². The van der Waals surface area contributed by atoms with Crippen molar-refractivity contribution in [2.45, 2.75) is 12.8 Å². The Balaban J connectivity index is 2.00. The number of aromatic hydroxyl groups is 2. The van der Waals surface area contributed by atoms with Gasteiger partial charge in [-0.2, -0.15) is 0 Å². The van der Waals surface area contributed by atoms with Crippen molar-refractivity contribution in [2.75, 3.05) is 13.1 Å². The largest absolute Gasteiger partial charge is 0.508 e. The Bertz CT molecular complexity index is 441. The highest BCUT2D eigenvalue weighted by Gasteiger charge is 2.41. The molecule has 1 aromatic carbocycles. The summed E-state index contributed by atoms with van der Waals surface area (Å²) in [7, 11) is 0. The minimum Gasteiger partial charge on any atom is -0.508 e. The average molecular weight is 236 g/mol.